The minimum Gasteiger partial charge on any atom is -0.481 e. The molecule has 2 aromatic heterocycles. The summed E-state index contributed by atoms with van der Waals surface area (Å²) < 4.78 is 7.08. The van der Waals surface area contributed by atoms with Gasteiger partial charge in [0, 0.05) is 37.5 Å². The van der Waals surface area contributed by atoms with Crippen molar-refractivity contribution in [1.82, 2.24) is 20.1 Å². The van der Waals surface area contributed by atoms with E-state index >= 15 is 0 Å². The van der Waals surface area contributed by atoms with Crippen LogP contribution in [0.1, 0.15) is 42.8 Å². The van der Waals surface area contributed by atoms with E-state index in [1.807, 2.05) is 13.0 Å². The van der Waals surface area contributed by atoms with Crippen molar-refractivity contribution in [2.45, 2.75) is 53.6 Å². The highest BCUT2D eigenvalue weighted by Gasteiger charge is 2.13. The molecule has 0 radical (unpaired) electrons. The van der Waals surface area contributed by atoms with Gasteiger partial charge in [-0.25, -0.2) is 4.98 Å². The van der Waals surface area contributed by atoms with Gasteiger partial charge in [0.25, 0.3) is 0 Å². The van der Waals surface area contributed by atoms with E-state index in [2.05, 4.69) is 40.9 Å². The first kappa shape index (κ1) is 19.0. The summed E-state index contributed by atoms with van der Waals surface area (Å²) in [5.74, 6) is 1.15. The lowest BCUT2D eigenvalue weighted by Crippen LogP contribution is -2.23. The van der Waals surface area contributed by atoms with Crippen molar-refractivity contribution in [3.05, 3.63) is 40.8 Å². The number of carbonyl (C=O) groups excluding carboxylic acids is 1. The molecule has 0 aliphatic heterocycles. The van der Waals surface area contributed by atoms with Gasteiger partial charge < -0.3 is 10.1 Å². The Balaban J connectivity index is 1.86. The van der Waals surface area contributed by atoms with Gasteiger partial charge in [-0.3, -0.25) is 9.48 Å². The van der Waals surface area contributed by atoms with Crippen molar-refractivity contribution < 1.29 is 9.53 Å². The lowest BCUT2D eigenvalue weighted by molar-refractivity contribution is -0.121. The number of methoxy groups -OCH3 is 1. The highest BCUT2D eigenvalue weighted by molar-refractivity contribution is 5.76. The van der Waals surface area contributed by atoms with Crippen LogP contribution in [-0.2, 0) is 24.3 Å². The van der Waals surface area contributed by atoms with E-state index in [4.69, 9.17) is 4.74 Å². The Morgan fingerprint density at radius 3 is 2.68 bits per heavy atom. The second-order valence-corrected chi connectivity index (χ2v) is 6.71. The Hall–Kier alpha value is -2.37. The minimum absolute atomic E-state index is 0.0335. The van der Waals surface area contributed by atoms with E-state index in [1.54, 1.807) is 19.4 Å². The summed E-state index contributed by atoms with van der Waals surface area (Å²) in [5, 5.41) is 7.54. The molecule has 0 aliphatic rings. The number of hydrogen-bond donors (Lipinski definition) is 1. The lowest BCUT2D eigenvalue weighted by atomic mass is 10.1. The summed E-state index contributed by atoms with van der Waals surface area (Å²) in [4.78, 5) is 16.3. The molecule has 136 valence electrons. The Labute approximate surface area is 149 Å². The smallest absolute Gasteiger partial charge is 0.220 e. The van der Waals surface area contributed by atoms with Crippen molar-refractivity contribution in [2.75, 3.05) is 7.11 Å². The molecule has 0 saturated heterocycles. The maximum absolute atomic E-state index is 12.1. The average Bonchev–Trinajstić information content (AvgIpc) is 2.84. The van der Waals surface area contributed by atoms with Gasteiger partial charge >= 0.3 is 0 Å². The van der Waals surface area contributed by atoms with Crippen LogP contribution in [0.15, 0.2) is 18.3 Å². The number of nitrogens with one attached hydrogen (secondary N) is 1. The third-order valence-corrected chi connectivity index (χ3v) is 4.17. The molecule has 2 aromatic rings. The fourth-order valence-electron chi connectivity index (χ4n) is 2.78. The van der Waals surface area contributed by atoms with Crippen LogP contribution in [0.25, 0.3) is 0 Å². The zero-order valence-corrected chi connectivity index (χ0v) is 15.8. The number of aryl methyl sites for hydroxylation is 1. The quantitative estimate of drug-likeness (QED) is 0.799. The molecule has 0 bridgehead atoms. The first-order valence-corrected chi connectivity index (χ1v) is 8.69. The van der Waals surface area contributed by atoms with Gasteiger partial charge in [-0.1, -0.05) is 19.9 Å². The molecule has 0 aromatic carbocycles. The van der Waals surface area contributed by atoms with E-state index in [0.717, 1.165) is 17.8 Å². The van der Waals surface area contributed by atoms with Crippen LogP contribution in [-0.4, -0.2) is 27.8 Å². The second-order valence-electron chi connectivity index (χ2n) is 6.71. The highest BCUT2D eigenvalue weighted by atomic mass is 16.5. The fourth-order valence-corrected chi connectivity index (χ4v) is 2.78. The Morgan fingerprint density at radius 2 is 2.08 bits per heavy atom. The summed E-state index contributed by atoms with van der Waals surface area (Å²) in [5.41, 5.74) is 4.32. The maximum Gasteiger partial charge on any atom is 0.220 e. The number of nitrogens with zero attached hydrogens (tertiary/aromatic N) is 3. The summed E-state index contributed by atoms with van der Waals surface area (Å²) in [6, 6.07) is 3.69. The summed E-state index contributed by atoms with van der Waals surface area (Å²) >= 11 is 0. The molecule has 0 saturated carbocycles. The Kier molecular flexibility index (Phi) is 6.56. The molecule has 6 heteroatoms. The van der Waals surface area contributed by atoms with Crippen LogP contribution in [0.3, 0.4) is 0 Å². The Bertz CT molecular complexity index is 705. The SMILES string of the molecule is COc1ccc(CNC(=O)CCc2c(C)nn(CC(C)C)c2C)cn1. The molecule has 2 heterocycles. The molecule has 1 N–H and O–H groups in total. The molecular formula is C19H28N4O2. The number of pyridine rings is 1. The molecule has 0 spiro atoms. The zero-order valence-electron chi connectivity index (χ0n) is 15.8. The zero-order chi connectivity index (χ0) is 18.4. The first-order valence-electron chi connectivity index (χ1n) is 8.69. The summed E-state index contributed by atoms with van der Waals surface area (Å²) in [7, 11) is 1.58. The van der Waals surface area contributed by atoms with Crippen molar-refractivity contribution in [1.29, 1.82) is 0 Å². The second kappa shape index (κ2) is 8.65. The molecule has 0 unspecified atom stereocenters. The van der Waals surface area contributed by atoms with Gasteiger partial charge in [0.15, 0.2) is 0 Å². The summed E-state index contributed by atoms with van der Waals surface area (Å²) in [6.45, 7) is 9.83. The van der Waals surface area contributed by atoms with Gasteiger partial charge in [0.1, 0.15) is 0 Å². The predicted octanol–water partition coefficient (Wildman–Crippen LogP) is 2.81. The van der Waals surface area contributed by atoms with Gasteiger partial charge in [-0.2, -0.15) is 5.10 Å². The molecular weight excluding hydrogens is 316 g/mol. The van der Waals surface area contributed by atoms with Crippen LogP contribution in [0.2, 0.25) is 0 Å². The van der Waals surface area contributed by atoms with Crippen LogP contribution >= 0.6 is 0 Å². The number of aromatic nitrogens is 3. The molecule has 6 nitrogen and oxygen atoms in total. The van der Waals surface area contributed by atoms with Crippen molar-refractivity contribution in [3.8, 4) is 5.88 Å². The van der Waals surface area contributed by atoms with Crippen molar-refractivity contribution in [3.63, 3.8) is 0 Å². The fraction of sp³-hybridized carbons (Fsp3) is 0.526. The number of carbonyl (C=O) groups is 1. The number of amides is 1. The van der Waals surface area contributed by atoms with E-state index in [9.17, 15) is 4.79 Å². The maximum atomic E-state index is 12.1. The molecule has 0 aliphatic carbocycles. The van der Waals surface area contributed by atoms with Gasteiger partial charge in [0.2, 0.25) is 11.8 Å². The first-order chi connectivity index (χ1) is 11.9. The van der Waals surface area contributed by atoms with E-state index in [1.165, 1.54) is 11.3 Å². The van der Waals surface area contributed by atoms with Crippen molar-refractivity contribution in [2.24, 2.45) is 5.92 Å². The predicted molar refractivity (Wildman–Crippen MR) is 97.5 cm³/mol. The van der Waals surface area contributed by atoms with Gasteiger partial charge in [0.05, 0.1) is 12.8 Å². The summed E-state index contributed by atoms with van der Waals surface area (Å²) in [6.07, 6.45) is 2.88. The largest absolute Gasteiger partial charge is 0.481 e. The van der Waals surface area contributed by atoms with Crippen molar-refractivity contribution >= 4 is 5.91 Å². The number of rotatable bonds is 8. The third kappa shape index (κ3) is 5.31. The molecule has 25 heavy (non-hydrogen) atoms. The van der Waals surface area contributed by atoms with Crippen LogP contribution < -0.4 is 10.1 Å². The lowest BCUT2D eigenvalue weighted by Gasteiger charge is -2.08. The van der Waals surface area contributed by atoms with Crippen LogP contribution in [0.5, 0.6) is 5.88 Å². The normalized spacial score (nSPS) is 11.0. The number of hydrogen-bond acceptors (Lipinski definition) is 4. The standard InChI is InChI=1S/C19H28N4O2/c1-13(2)12-23-15(4)17(14(3)22-23)7-8-18(24)20-10-16-6-9-19(25-5)21-11-16/h6,9,11,13H,7-8,10,12H2,1-5H3,(H,20,24). The van der Waals surface area contributed by atoms with E-state index in [0.29, 0.717) is 31.2 Å². The Morgan fingerprint density at radius 1 is 1.32 bits per heavy atom. The minimum atomic E-state index is 0.0335. The average molecular weight is 344 g/mol. The topological polar surface area (TPSA) is 69.0 Å². The molecule has 1 amide bonds. The molecule has 0 fully saturated rings. The highest BCUT2D eigenvalue weighted by Crippen LogP contribution is 2.16. The van der Waals surface area contributed by atoms with Crippen LogP contribution in [0, 0.1) is 19.8 Å². The molecule has 0 atom stereocenters. The van der Waals surface area contributed by atoms with E-state index < -0.39 is 0 Å². The van der Waals surface area contributed by atoms with Gasteiger partial charge in [-0.15, -0.1) is 0 Å². The molecule has 2 rings (SSSR count). The monoisotopic (exact) mass is 344 g/mol. The van der Waals surface area contributed by atoms with Gasteiger partial charge in [-0.05, 0) is 37.3 Å². The third-order valence-electron chi connectivity index (χ3n) is 4.17. The van der Waals surface area contributed by atoms with Crippen LogP contribution in [0.4, 0.5) is 0 Å². The van der Waals surface area contributed by atoms with E-state index in [-0.39, 0.29) is 5.91 Å². The number of ether oxygens (including phenoxy) is 1.